The van der Waals surface area contributed by atoms with E-state index in [4.69, 9.17) is 0 Å². The second kappa shape index (κ2) is 9.33. The summed E-state index contributed by atoms with van der Waals surface area (Å²) in [5.74, 6) is -0.0395. The van der Waals surface area contributed by atoms with Gasteiger partial charge in [0.15, 0.2) is 0 Å². The minimum atomic E-state index is -0.330. The van der Waals surface area contributed by atoms with Crippen LogP contribution >= 0.6 is 0 Å². The Morgan fingerprint density at radius 1 is 0.963 bits per heavy atom. The molecule has 0 saturated heterocycles. The molecule has 27 heavy (non-hydrogen) atoms. The Morgan fingerprint density at radius 2 is 1.67 bits per heavy atom. The zero-order valence-corrected chi connectivity index (χ0v) is 15.8. The summed E-state index contributed by atoms with van der Waals surface area (Å²) >= 11 is 0. The third-order valence-electron chi connectivity index (χ3n) is 4.82. The second-order valence-corrected chi connectivity index (χ2v) is 6.94. The molecule has 5 heteroatoms. The summed E-state index contributed by atoms with van der Waals surface area (Å²) in [6.45, 7) is 2.86. The van der Waals surface area contributed by atoms with Gasteiger partial charge in [0.2, 0.25) is 11.8 Å². The highest BCUT2D eigenvalue weighted by atomic mass is 16.2. The van der Waals surface area contributed by atoms with Crippen LogP contribution in [0.1, 0.15) is 56.2 Å². The van der Waals surface area contributed by atoms with Crippen LogP contribution < -0.4 is 16.0 Å². The van der Waals surface area contributed by atoms with Gasteiger partial charge in [-0.2, -0.15) is 0 Å². The highest BCUT2D eigenvalue weighted by molar-refractivity contribution is 5.96. The van der Waals surface area contributed by atoms with Gasteiger partial charge < -0.3 is 10.6 Å². The van der Waals surface area contributed by atoms with Crippen molar-refractivity contribution in [3.05, 3.63) is 59.7 Å². The van der Waals surface area contributed by atoms with Crippen molar-refractivity contribution in [2.24, 2.45) is 0 Å². The van der Waals surface area contributed by atoms with Crippen LogP contribution in [0.2, 0.25) is 0 Å². The molecule has 0 fully saturated rings. The lowest BCUT2D eigenvalue weighted by atomic mass is 10.0. The molecular formula is C22H27N3O2. The number of hydrogen-bond acceptors (Lipinski definition) is 3. The lowest BCUT2D eigenvalue weighted by molar-refractivity contribution is -0.118. The molecule has 0 spiro atoms. The predicted octanol–water partition coefficient (Wildman–Crippen LogP) is 4.38. The minimum Gasteiger partial charge on any atom is -0.326 e. The van der Waals surface area contributed by atoms with E-state index in [0.29, 0.717) is 18.7 Å². The molecule has 0 bridgehead atoms. The molecule has 5 nitrogen and oxygen atoms in total. The zero-order chi connectivity index (χ0) is 19.1. The first kappa shape index (κ1) is 19.1. The third kappa shape index (κ3) is 5.17. The highest BCUT2D eigenvalue weighted by Gasteiger charge is 2.27. The smallest absolute Gasteiger partial charge is 0.246 e. The number of hydrogen-bond donors (Lipinski definition) is 3. The maximum Gasteiger partial charge on any atom is 0.246 e. The molecule has 0 aromatic heterocycles. The third-order valence-corrected chi connectivity index (χ3v) is 4.82. The van der Waals surface area contributed by atoms with Gasteiger partial charge in [-0.25, -0.2) is 0 Å². The first-order valence-corrected chi connectivity index (χ1v) is 9.69. The van der Waals surface area contributed by atoms with Crippen molar-refractivity contribution in [3.63, 3.8) is 0 Å². The molecule has 1 atom stereocenters. The average Bonchev–Trinajstić information content (AvgIpc) is 3.11. The Hall–Kier alpha value is -2.66. The van der Waals surface area contributed by atoms with E-state index in [1.54, 1.807) is 0 Å². The number of carbonyl (C=O) groups excluding carboxylic acids is 2. The van der Waals surface area contributed by atoms with Crippen LogP contribution in [0.5, 0.6) is 0 Å². The number of unbranched alkanes of at least 4 members (excludes halogenated alkanes) is 3. The number of anilines is 2. The molecule has 3 N–H and O–H groups in total. The molecule has 2 aromatic carbocycles. The fraction of sp³-hybridized carbons (Fsp3) is 0.364. The molecule has 0 radical (unpaired) electrons. The lowest BCUT2D eigenvalue weighted by Gasteiger charge is -2.13. The molecule has 0 saturated carbocycles. The number of carbonyl (C=O) groups is 2. The number of fused-ring (bicyclic) bond motifs is 1. The number of benzene rings is 2. The molecule has 1 aliphatic heterocycles. The molecular weight excluding hydrogens is 338 g/mol. The Labute approximate surface area is 160 Å². The van der Waals surface area contributed by atoms with Crippen LogP contribution in [0, 0.1) is 0 Å². The quantitative estimate of drug-likeness (QED) is 0.608. The fourth-order valence-corrected chi connectivity index (χ4v) is 3.32. The van der Waals surface area contributed by atoms with Crippen molar-refractivity contribution in [3.8, 4) is 0 Å². The summed E-state index contributed by atoms with van der Waals surface area (Å²) < 4.78 is 0. The highest BCUT2D eigenvalue weighted by Crippen LogP contribution is 2.26. The number of nitrogens with one attached hydrogen (secondary N) is 3. The van der Waals surface area contributed by atoms with Crippen molar-refractivity contribution >= 4 is 23.2 Å². The fourth-order valence-electron chi connectivity index (χ4n) is 3.32. The van der Waals surface area contributed by atoms with Gasteiger partial charge in [-0.1, -0.05) is 50.5 Å². The first-order valence-electron chi connectivity index (χ1n) is 9.69. The van der Waals surface area contributed by atoms with Crippen molar-refractivity contribution in [1.82, 2.24) is 5.32 Å². The first-order chi connectivity index (χ1) is 13.2. The zero-order valence-electron chi connectivity index (χ0n) is 15.8. The van der Waals surface area contributed by atoms with Gasteiger partial charge in [-0.3, -0.25) is 14.9 Å². The largest absolute Gasteiger partial charge is 0.326 e. The maximum atomic E-state index is 12.6. The Morgan fingerprint density at radius 3 is 2.41 bits per heavy atom. The van der Waals surface area contributed by atoms with Gasteiger partial charge in [0.1, 0.15) is 6.04 Å². The lowest BCUT2D eigenvalue weighted by Crippen LogP contribution is -2.27. The Bertz CT molecular complexity index is 786. The van der Waals surface area contributed by atoms with E-state index >= 15 is 0 Å². The van der Waals surface area contributed by atoms with Crippen LogP contribution in [0.25, 0.3) is 0 Å². The molecule has 1 unspecified atom stereocenters. The van der Waals surface area contributed by atoms with E-state index in [9.17, 15) is 9.59 Å². The summed E-state index contributed by atoms with van der Waals surface area (Å²) in [6, 6.07) is 14.9. The molecule has 3 rings (SSSR count). The summed E-state index contributed by atoms with van der Waals surface area (Å²) in [5, 5.41) is 9.08. The molecule has 1 heterocycles. The van der Waals surface area contributed by atoms with Gasteiger partial charge >= 0.3 is 0 Å². The van der Waals surface area contributed by atoms with Crippen LogP contribution in [-0.4, -0.2) is 11.8 Å². The van der Waals surface area contributed by atoms with Gasteiger partial charge in [0.25, 0.3) is 0 Å². The van der Waals surface area contributed by atoms with Gasteiger partial charge in [0, 0.05) is 24.3 Å². The van der Waals surface area contributed by atoms with Gasteiger partial charge in [-0.15, -0.1) is 0 Å². The van der Waals surface area contributed by atoms with Gasteiger partial charge in [0.05, 0.1) is 0 Å². The summed E-state index contributed by atoms with van der Waals surface area (Å²) in [6.07, 6.45) is 4.89. The molecule has 142 valence electrons. The topological polar surface area (TPSA) is 70.2 Å². The SMILES string of the molecule is CCCCCCC(=O)Nc1ccc(NC(=O)C2NCc3ccccc32)cc1. The molecule has 0 aliphatic carbocycles. The van der Waals surface area contributed by atoms with Crippen LogP contribution in [0.3, 0.4) is 0 Å². The average molecular weight is 365 g/mol. The van der Waals surface area contributed by atoms with Crippen LogP contribution in [0.4, 0.5) is 11.4 Å². The van der Waals surface area contributed by atoms with E-state index in [1.807, 2.05) is 48.5 Å². The molecule has 1 aliphatic rings. The van der Waals surface area contributed by atoms with E-state index in [1.165, 1.54) is 6.42 Å². The number of amides is 2. The summed E-state index contributed by atoms with van der Waals surface area (Å²) in [7, 11) is 0. The second-order valence-electron chi connectivity index (χ2n) is 6.94. The van der Waals surface area contributed by atoms with Crippen LogP contribution in [0.15, 0.2) is 48.5 Å². The standard InChI is InChI=1S/C22H27N3O2/c1-2-3-4-5-10-20(26)24-17-11-13-18(14-12-17)25-22(27)21-19-9-7-6-8-16(19)15-23-21/h6-9,11-14,21,23H,2-5,10,15H2,1H3,(H,24,26)(H,25,27). The van der Waals surface area contributed by atoms with Crippen LogP contribution in [-0.2, 0) is 16.1 Å². The molecule has 2 amide bonds. The van der Waals surface area contributed by atoms with Crippen molar-refractivity contribution in [1.29, 1.82) is 0 Å². The van der Waals surface area contributed by atoms with Crippen molar-refractivity contribution in [2.45, 2.75) is 51.6 Å². The molecule has 2 aromatic rings. The normalized spacial score (nSPS) is 15.2. The minimum absolute atomic E-state index is 0.0367. The Balaban J connectivity index is 1.51. The van der Waals surface area contributed by atoms with E-state index in [-0.39, 0.29) is 17.9 Å². The van der Waals surface area contributed by atoms with Crippen molar-refractivity contribution in [2.75, 3.05) is 10.6 Å². The monoisotopic (exact) mass is 365 g/mol. The van der Waals surface area contributed by atoms with Crippen molar-refractivity contribution < 1.29 is 9.59 Å². The summed E-state index contributed by atoms with van der Waals surface area (Å²) in [5.41, 5.74) is 3.65. The maximum absolute atomic E-state index is 12.6. The van der Waals surface area contributed by atoms with E-state index in [0.717, 1.165) is 36.1 Å². The van der Waals surface area contributed by atoms with E-state index in [2.05, 4.69) is 22.9 Å². The van der Waals surface area contributed by atoms with Gasteiger partial charge in [-0.05, 0) is 41.8 Å². The summed E-state index contributed by atoms with van der Waals surface area (Å²) in [4.78, 5) is 24.5. The predicted molar refractivity (Wildman–Crippen MR) is 108 cm³/mol. The Kier molecular flexibility index (Phi) is 6.60. The van der Waals surface area contributed by atoms with E-state index < -0.39 is 0 Å². The number of rotatable bonds is 8.